The third kappa shape index (κ3) is 6.01. The molecule has 4 rings (SSSR count). The van der Waals surface area contributed by atoms with Crippen molar-refractivity contribution in [1.29, 1.82) is 0 Å². The number of carbonyl (C=O) groups excluding carboxylic acids is 3. The normalized spacial score (nSPS) is 12.4. The minimum absolute atomic E-state index is 0.142. The molecule has 0 fully saturated rings. The van der Waals surface area contributed by atoms with Gasteiger partial charge in [-0.3, -0.25) is 19.3 Å². The van der Waals surface area contributed by atoms with Gasteiger partial charge in [-0.15, -0.1) is 0 Å². The summed E-state index contributed by atoms with van der Waals surface area (Å²) in [6.45, 7) is 7.17. The summed E-state index contributed by atoms with van der Waals surface area (Å²) >= 11 is 6.20. The van der Waals surface area contributed by atoms with Crippen LogP contribution in [-0.2, 0) is 4.79 Å². The van der Waals surface area contributed by atoms with Gasteiger partial charge in [0.05, 0.1) is 22.6 Å². The molecule has 1 N–H and O–H groups in total. The van der Waals surface area contributed by atoms with Crippen molar-refractivity contribution in [2.45, 2.75) is 20.3 Å². The van der Waals surface area contributed by atoms with E-state index in [1.165, 1.54) is 4.90 Å². The molecule has 7 nitrogen and oxygen atoms in total. The molecule has 0 radical (unpaired) electrons. The summed E-state index contributed by atoms with van der Waals surface area (Å²) in [4.78, 5) is 45.8. The lowest BCUT2D eigenvalue weighted by atomic mass is 10.1. The lowest BCUT2D eigenvalue weighted by Crippen LogP contribution is -2.42. The van der Waals surface area contributed by atoms with Crippen LogP contribution in [0.1, 0.15) is 41.0 Å². The van der Waals surface area contributed by atoms with Crippen LogP contribution in [0.5, 0.6) is 0 Å². The highest BCUT2D eigenvalue weighted by molar-refractivity contribution is 6.31. The minimum atomic E-state index is -0.328. The molecule has 0 atom stereocenters. The Morgan fingerprint density at radius 1 is 0.892 bits per heavy atom. The Hall–Kier alpha value is -3.68. The summed E-state index contributed by atoms with van der Waals surface area (Å²) in [6, 6.07) is 20.9. The largest absolute Gasteiger partial charge is 0.329 e. The monoisotopic (exact) mass is 518 g/mol. The topological polar surface area (TPSA) is 73.0 Å². The number of nitrogens with one attached hydrogen (secondary N) is 1. The van der Waals surface area contributed by atoms with Crippen LogP contribution in [0.2, 0.25) is 5.02 Å². The molecule has 0 aromatic heterocycles. The van der Waals surface area contributed by atoms with Gasteiger partial charge in [-0.2, -0.15) is 0 Å². The second-order valence-electron chi connectivity index (χ2n) is 8.84. The summed E-state index contributed by atoms with van der Waals surface area (Å²) < 4.78 is 0. The molecule has 3 amide bonds. The zero-order valence-corrected chi connectivity index (χ0v) is 21.9. The number of fused-ring (bicyclic) bond motifs is 2. The van der Waals surface area contributed by atoms with E-state index in [2.05, 4.69) is 24.1 Å². The van der Waals surface area contributed by atoms with Gasteiger partial charge < -0.3 is 15.1 Å². The molecule has 0 bridgehead atoms. The second-order valence-corrected chi connectivity index (χ2v) is 9.27. The molecule has 1 heterocycles. The van der Waals surface area contributed by atoms with Crippen LogP contribution >= 0.6 is 11.6 Å². The molecule has 0 saturated carbocycles. The van der Waals surface area contributed by atoms with E-state index in [9.17, 15) is 14.4 Å². The molecule has 0 unspecified atom stereocenters. The first-order valence-electron chi connectivity index (χ1n) is 12.5. The van der Waals surface area contributed by atoms with Gasteiger partial charge in [0, 0.05) is 17.1 Å². The lowest BCUT2D eigenvalue weighted by Gasteiger charge is -2.29. The average molecular weight is 519 g/mol. The molecule has 1 aliphatic rings. The third-order valence-corrected chi connectivity index (χ3v) is 6.75. The molecule has 8 heteroatoms. The highest BCUT2D eigenvalue weighted by Crippen LogP contribution is 2.39. The van der Waals surface area contributed by atoms with E-state index in [-0.39, 0.29) is 24.3 Å². The van der Waals surface area contributed by atoms with Crippen LogP contribution in [0.3, 0.4) is 0 Å². The smallest absolute Gasteiger partial charge is 0.257 e. The first kappa shape index (κ1) is 26.4. The zero-order chi connectivity index (χ0) is 26.4. The maximum Gasteiger partial charge on any atom is 0.257 e. The fourth-order valence-electron chi connectivity index (χ4n) is 4.53. The third-order valence-electron chi connectivity index (χ3n) is 6.52. The van der Waals surface area contributed by atoms with Crippen molar-refractivity contribution in [2.24, 2.45) is 0 Å². The predicted molar refractivity (Wildman–Crippen MR) is 148 cm³/mol. The molecule has 3 aromatic rings. The molecular formula is C29H31ClN4O3. The minimum Gasteiger partial charge on any atom is -0.329 e. The van der Waals surface area contributed by atoms with Crippen molar-refractivity contribution in [3.63, 3.8) is 0 Å². The van der Waals surface area contributed by atoms with Crippen LogP contribution in [0, 0.1) is 0 Å². The number of hydrogen-bond donors (Lipinski definition) is 1. The number of para-hydroxylation sites is 1. The Morgan fingerprint density at radius 3 is 2.32 bits per heavy atom. The van der Waals surface area contributed by atoms with Gasteiger partial charge in [0.2, 0.25) is 0 Å². The quantitative estimate of drug-likeness (QED) is 0.409. The van der Waals surface area contributed by atoms with E-state index in [4.69, 9.17) is 11.6 Å². The summed E-state index contributed by atoms with van der Waals surface area (Å²) in [7, 11) is 0. The first-order valence-corrected chi connectivity index (χ1v) is 12.9. The van der Waals surface area contributed by atoms with Gasteiger partial charge in [0.15, 0.2) is 0 Å². The van der Waals surface area contributed by atoms with Gasteiger partial charge in [0.1, 0.15) is 6.54 Å². The maximum absolute atomic E-state index is 14.0. The summed E-state index contributed by atoms with van der Waals surface area (Å²) in [5, 5.41) is 3.30. The van der Waals surface area contributed by atoms with Crippen molar-refractivity contribution in [3.8, 4) is 0 Å². The molecule has 0 aliphatic carbocycles. The van der Waals surface area contributed by atoms with E-state index >= 15 is 0 Å². The Bertz CT molecular complexity index is 1280. The Kier molecular flexibility index (Phi) is 8.58. The van der Waals surface area contributed by atoms with Crippen LogP contribution in [0.15, 0.2) is 72.8 Å². The number of halogens is 1. The number of carbonyl (C=O) groups is 3. The first-order chi connectivity index (χ1) is 17.9. The Morgan fingerprint density at radius 2 is 1.59 bits per heavy atom. The van der Waals surface area contributed by atoms with Crippen LogP contribution in [-0.4, -0.2) is 60.2 Å². The summed E-state index contributed by atoms with van der Waals surface area (Å²) in [5.74, 6) is -0.854. The summed E-state index contributed by atoms with van der Waals surface area (Å²) in [5.41, 5.74) is 2.29. The molecule has 0 spiro atoms. The summed E-state index contributed by atoms with van der Waals surface area (Å²) in [6.07, 6.45) is 0.732. The van der Waals surface area contributed by atoms with Gasteiger partial charge in [-0.25, -0.2) is 0 Å². The van der Waals surface area contributed by atoms with Crippen LogP contribution < -0.4 is 10.2 Å². The maximum atomic E-state index is 14.0. The highest BCUT2D eigenvalue weighted by atomic mass is 35.5. The fourth-order valence-corrected chi connectivity index (χ4v) is 4.70. The number of anilines is 3. The van der Waals surface area contributed by atoms with Crippen LogP contribution in [0.25, 0.3) is 0 Å². The number of amides is 3. The number of rotatable bonds is 9. The van der Waals surface area contributed by atoms with Gasteiger partial charge in [0.25, 0.3) is 17.7 Å². The standard InChI is InChI=1S/C29H31ClN4O3/c1-3-32(4-2)17-10-18-33(29(37)21-11-6-5-7-12-21)20-27(35)34-25-14-9-8-13-23(25)28(36)31-24-19-22(30)15-16-26(24)34/h5-9,11-16,19H,3-4,10,17-18,20H2,1-2H3,(H,31,36). The van der Waals surface area contributed by atoms with Crippen molar-refractivity contribution >= 4 is 46.4 Å². The fraction of sp³-hybridized carbons (Fsp3) is 0.276. The van der Waals surface area contributed by atoms with Crippen molar-refractivity contribution < 1.29 is 14.4 Å². The van der Waals surface area contributed by atoms with Gasteiger partial charge >= 0.3 is 0 Å². The van der Waals surface area contributed by atoms with Crippen molar-refractivity contribution in [2.75, 3.05) is 42.9 Å². The van der Waals surface area contributed by atoms with E-state index < -0.39 is 0 Å². The van der Waals surface area contributed by atoms with Crippen LogP contribution in [0.4, 0.5) is 17.1 Å². The Labute approximate surface area is 222 Å². The molecule has 1 aliphatic heterocycles. The second kappa shape index (κ2) is 12.0. The Balaban J connectivity index is 1.68. The number of nitrogens with zero attached hydrogens (tertiary/aromatic N) is 3. The number of hydrogen-bond acceptors (Lipinski definition) is 4. The molecule has 192 valence electrons. The lowest BCUT2D eigenvalue weighted by molar-refractivity contribution is -0.118. The molecule has 37 heavy (non-hydrogen) atoms. The zero-order valence-electron chi connectivity index (χ0n) is 21.1. The molecule has 0 saturated heterocycles. The van der Waals surface area contributed by atoms with Crippen molar-refractivity contribution in [3.05, 3.63) is 88.9 Å². The molecular weight excluding hydrogens is 488 g/mol. The van der Waals surface area contributed by atoms with E-state index in [1.54, 1.807) is 59.5 Å². The highest BCUT2D eigenvalue weighted by Gasteiger charge is 2.31. The van der Waals surface area contributed by atoms with E-state index in [0.717, 1.165) is 26.1 Å². The van der Waals surface area contributed by atoms with Gasteiger partial charge in [-0.1, -0.05) is 55.8 Å². The molecule has 3 aromatic carbocycles. The van der Waals surface area contributed by atoms with Gasteiger partial charge in [-0.05, 0) is 68.5 Å². The number of benzene rings is 3. The SMILES string of the molecule is CCN(CC)CCCN(CC(=O)N1c2ccc(Cl)cc2NC(=O)c2ccccc21)C(=O)c1ccccc1. The average Bonchev–Trinajstić information content (AvgIpc) is 3.04. The predicted octanol–water partition coefficient (Wildman–Crippen LogP) is 5.44. The van der Waals surface area contributed by atoms with Crippen molar-refractivity contribution in [1.82, 2.24) is 9.80 Å². The van der Waals surface area contributed by atoms with E-state index in [1.807, 2.05) is 18.2 Å². The van der Waals surface area contributed by atoms with E-state index in [0.29, 0.717) is 39.8 Å².